The van der Waals surface area contributed by atoms with Crippen molar-refractivity contribution in [3.05, 3.63) is 52.6 Å². The average molecular weight is 544 g/mol. The Hall–Kier alpha value is -2.16. The second-order valence-corrected chi connectivity index (χ2v) is 9.76. The number of pyridine rings is 1. The van der Waals surface area contributed by atoms with Crippen LogP contribution in [0.15, 0.2) is 47.1 Å². The molecule has 2 aromatic heterocycles. The number of halogens is 4. The standard InChI is InChI=1S/C23H22Cl4N4O3/c1-12(2)21(28)18(32)7-9-31(23(33)22(26)27)13-6-8-29-16(10-13)19-11-17(30-34-19)20-14(24)4-3-5-15(20)25/h3-6,8,10-12,21-22H,7,9,28H2,1-2H3/t21-/m1/s1. The molecule has 2 heterocycles. The summed E-state index contributed by atoms with van der Waals surface area (Å²) in [5.74, 6) is -0.441. The van der Waals surface area contributed by atoms with E-state index in [9.17, 15) is 9.59 Å². The molecule has 0 fully saturated rings. The molecule has 0 aliphatic heterocycles. The number of hydrogen-bond acceptors (Lipinski definition) is 6. The Balaban J connectivity index is 1.90. The number of nitrogens with two attached hydrogens (primary N) is 1. The predicted octanol–water partition coefficient (Wildman–Crippen LogP) is 5.79. The molecule has 0 unspecified atom stereocenters. The summed E-state index contributed by atoms with van der Waals surface area (Å²) in [5.41, 5.74) is 7.72. The van der Waals surface area contributed by atoms with Crippen LogP contribution < -0.4 is 10.6 Å². The second kappa shape index (κ2) is 11.5. The van der Waals surface area contributed by atoms with Crippen LogP contribution >= 0.6 is 46.4 Å². The number of hydrogen-bond donors (Lipinski definition) is 1. The van der Waals surface area contributed by atoms with Crippen molar-refractivity contribution in [1.29, 1.82) is 0 Å². The second-order valence-electron chi connectivity index (χ2n) is 7.85. The van der Waals surface area contributed by atoms with Gasteiger partial charge in [-0.05, 0) is 30.2 Å². The fraction of sp³-hybridized carbons (Fsp3) is 0.304. The number of amides is 1. The summed E-state index contributed by atoms with van der Waals surface area (Å²) in [7, 11) is 0. The van der Waals surface area contributed by atoms with E-state index in [0.29, 0.717) is 38.4 Å². The van der Waals surface area contributed by atoms with E-state index >= 15 is 0 Å². The van der Waals surface area contributed by atoms with Crippen LogP contribution in [-0.4, -0.2) is 39.3 Å². The Kier molecular flexibility index (Phi) is 8.95. The van der Waals surface area contributed by atoms with Gasteiger partial charge in [0, 0.05) is 36.5 Å². The van der Waals surface area contributed by atoms with Gasteiger partial charge in [-0.15, -0.1) is 0 Å². The molecule has 1 amide bonds. The highest BCUT2D eigenvalue weighted by Crippen LogP contribution is 2.36. The molecular weight excluding hydrogens is 522 g/mol. The first kappa shape index (κ1) is 26.4. The predicted molar refractivity (Wildman–Crippen MR) is 135 cm³/mol. The van der Waals surface area contributed by atoms with Crippen LogP contribution in [0, 0.1) is 5.92 Å². The van der Waals surface area contributed by atoms with E-state index in [1.807, 2.05) is 13.8 Å². The van der Waals surface area contributed by atoms with Gasteiger partial charge in [0.1, 0.15) is 11.4 Å². The van der Waals surface area contributed by atoms with Crippen molar-refractivity contribution < 1.29 is 14.1 Å². The lowest BCUT2D eigenvalue weighted by Crippen LogP contribution is -2.40. The van der Waals surface area contributed by atoms with Gasteiger partial charge in [-0.3, -0.25) is 14.6 Å². The third-order valence-corrected chi connectivity index (χ3v) is 6.16. The van der Waals surface area contributed by atoms with Crippen LogP contribution in [0.25, 0.3) is 22.7 Å². The zero-order chi connectivity index (χ0) is 25.0. The van der Waals surface area contributed by atoms with Crippen LogP contribution in [0.2, 0.25) is 10.0 Å². The van der Waals surface area contributed by atoms with Gasteiger partial charge in [0.25, 0.3) is 5.91 Å². The molecule has 11 heteroatoms. The Morgan fingerprint density at radius 2 is 1.76 bits per heavy atom. The number of nitrogens with zero attached hydrogens (tertiary/aromatic N) is 3. The van der Waals surface area contributed by atoms with Gasteiger partial charge in [-0.25, -0.2) is 0 Å². The summed E-state index contributed by atoms with van der Waals surface area (Å²) in [4.78, 5) is 29.4. The van der Waals surface area contributed by atoms with Gasteiger partial charge >= 0.3 is 0 Å². The van der Waals surface area contributed by atoms with Crippen molar-refractivity contribution >= 4 is 63.8 Å². The topological polar surface area (TPSA) is 102 Å². The maximum Gasteiger partial charge on any atom is 0.260 e. The normalized spacial score (nSPS) is 12.3. The summed E-state index contributed by atoms with van der Waals surface area (Å²) in [6.45, 7) is 3.76. The number of Topliss-reactive ketones (excluding diaryl/α,β-unsaturated/α-hetero) is 1. The summed E-state index contributed by atoms with van der Waals surface area (Å²) >= 11 is 24.2. The molecule has 34 heavy (non-hydrogen) atoms. The summed E-state index contributed by atoms with van der Waals surface area (Å²) < 4.78 is 5.46. The largest absolute Gasteiger partial charge is 0.354 e. The Labute approximate surface area is 217 Å². The minimum absolute atomic E-state index is 0.0229. The fourth-order valence-corrected chi connectivity index (χ4v) is 4.05. The van der Waals surface area contributed by atoms with E-state index in [0.717, 1.165) is 0 Å². The lowest BCUT2D eigenvalue weighted by molar-refractivity contribution is -0.121. The van der Waals surface area contributed by atoms with Crippen molar-refractivity contribution in [2.75, 3.05) is 11.4 Å². The van der Waals surface area contributed by atoms with E-state index in [1.54, 1.807) is 36.4 Å². The van der Waals surface area contributed by atoms with Crippen LogP contribution in [0.3, 0.4) is 0 Å². The first-order valence-electron chi connectivity index (χ1n) is 10.4. The van der Waals surface area contributed by atoms with Crippen LogP contribution in [0.4, 0.5) is 5.69 Å². The van der Waals surface area contributed by atoms with Crippen molar-refractivity contribution in [3.63, 3.8) is 0 Å². The van der Waals surface area contributed by atoms with Crippen molar-refractivity contribution in [2.45, 2.75) is 31.1 Å². The van der Waals surface area contributed by atoms with Gasteiger partial charge in [0.15, 0.2) is 16.4 Å². The van der Waals surface area contributed by atoms with Crippen LogP contribution in [0.5, 0.6) is 0 Å². The molecule has 0 saturated carbocycles. The minimum Gasteiger partial charge on any atom is -0.354 e. The molecule has 3 aromatic rings. The highest BCUT2D eigenvalue weighted by Gasteiger charge is 2.25. The van der Waals surface area contributed by atoms with Gasteiger partial charge in [0.05, 0.1) is 16.1 Å². The molecule has 0 spiro atoms. The smallest absolute Gasteiger partial charge is 0.260 e. The molecule has 1 atom stereocenters. The number of carbonyl (C=O) groups excluding carboxylic acids is 2. The summed E-state index contributed by atoms with van der Waals surface area (Å²) in [6, 6.07) is 9.35. The molecule has 2 N–H and O–H groups in total. The average Bonchev–Trinajstić information content (AvgIpc) is 3.28. The first-order chi connectivity index (χ1) is 16.1. The molecule has 7 nitrogen and oxygen atoms in total. The molecule has 0 radical (unpaired) electrons. The van der Waals surface area contributed by atoms with E-state index in [4.69, 9.17) is 56.7 Å². The number of rotatable bonds is 9. The summed E-state index contributed by atoms with van der Waals surface area (Å²) in [5, 5.41) is 4.90. The van der Waals surface area contributed by atoms with E-state index in [1.165, 1.54) is 11.1 Å². The molecule has 1 aromatic carbocycles. The van der Waals surface area contributed by atoms with Gasteiger partial charge in [0.2, 0.25) is 0 Å². The molecule has 0 bridgehead atoms. The molecule has 0 saturated heterocycles. The maximum absolute atomic E-state index is 12.7. The van der Waals surface area contributed by atoms with Gasteiger partial charge in [-0.1, -0.05) is 71.5 Å². The zero-order valence-corrected chi connectivity index (χ0v) is 21.4. The third kappa shape index (κ3) is 6.09. The molecule has 0 aliphatic carbocycles. The fourth-order valence-electron chi connectivity index (χ4n) is 3.22. The van der Waals surface area contributed by atoms with Crippen molar-refractivity contribution in [1.82, 2.24) is 10.1 Å². The van der Waals surface area contributed by atoms with E-state index in [2.05, 4.69) is 10.1 Å². The minimum atomic E-state index is -1.32. The van der Waals surface area contributed by atoms with Gasteiger partial charge in [-0.2, -0.15) is 0 Å². The van der Waals surface area contributed by atoms with Crippen molar-refractivity contribution in [3.8, 4) is 22.7 Å². The lowest BCUT2D eigenvalue weighted by atomic mass is 9.99. The molecule has 3 rings (SSSR count). The Bertz CT molecular complexity index is 1160. The number of carbonyl (C=O) groups is 2. The monoisotopic (exact) mass is 542 g/mol. The van der Waals surface area contributed by atoms with E-state index in [-0.39, 0.29) is 24.7 Å². The number of ketones is 1. The Morgan fingerprint density at radius 3 is 2.38 bits per heavy atom. The first-order valence-corrected chi connectivity index (χ1v) is 12.0. The SMILES string of the molecule is CC(C)[C@@H](N)C(=O)CCN(C(=O)C(Cl)Cl)c1ccnc(-c2cc(-c3c(Cl)cccc3Cl)no2)c1. The van der Waals surface area contributed by atoms with Crippen LogP contribution in [0.1, 0.15) is 20.3 Å². The Morgan fingerprint density at radius 1 is 1.09 bits per heavy atom. The van der Waals surface area contributed by atoms with E-state index < -0.39 is 16.8 Å². The third-order valence-electron chi connectivity index (χ3n) is 5.16. The molecule has 0 aliphatic rings. The highest BCUT2D eigenvalue weighted by molar-refractivity contribution is 6.54. The summed E-state index contributed by atoms with van der Waals surface area (Å²) in [6.07, 6.45) is 1.54. The highest BCUT2D eigenvalue weighted by atomic mass is 35.5. The zero-order valence-electron chi connectivity index (χ0n) is 18.3. The van der Waals surface area contributed by atoms with Crippen molar-refractivity contribution in [2.24, 2.45) is 11.7 Å². The number of anilines is 1. The molecule has 180 valence electrons. The number of benzene rings is 1. The number of alkyl halides is 2. The quantitative estimate of drug-likeness (QED) is 0.343. The maximum atomic E-state index is 12.7. The molecular formula is C23H22Cl4N4O3. The lowest BCUT2D eigenvalue weighted by Gasteiger charge is -2.24. The number of aromatic nitrogens is 2. The van der Waals surface area contributed by atoms with Crippen LogP contribution in [-0.2, 0) is 9.59 Å². The van der Waals surface area contributed by atoms with Gasteiger partial charge < -0.3 is 15.2 Å².